The molecule has 1 heterocycles. The van der Waals surface area contributed by atoms with E-state index in [1.54, 1.807) is 12.3 Å². The number of benzene rings is 2. The van der Waals surface area contributed by atoms with E-state index in [-0.39, 0.29) is 0 Å². The maximum Gasteiger partial charge on any atom is 0.217 e. The van der Waals surface area contributed by atoms with Crippen LogP contribution in [0.4, 0.5) is 5.69 Å². The van der Waals surface area contributed by atoms with Gasteiger partial charge in [-0.2, -0.15) is 4.98 Å². The first-order valence-electron chi connectivity index (χ1n) is 7.66. The minimum Gasteiger partial charge on any atom is -0.473 e. The van der Waals surface area contributed by atoms with Crippen molar-refractivity contribution in [2.75, 3.05) is 12.4 Å². The third-order valence-corrected chi connectivity index (χ3v) is 4.12. The number of hydrogen-bond donors (Lipinski definition) is 1. The minimum absolute atomic E-state index is 0.432. The highest BCUT2D eigenvalue weighted by molar-refractivity contribution is 6.33. The van der Waals surface area contributed by atoms with E-state index < -0.39 is 0 Å². The SMILES string of the molecule is CNc1cccc(C)c1COc1ccnc(-c2ccccc2Cl)n1. The summed E-state index contributed by atoms with van der Waals surface area (Å²) in [5, 5.41) is 3.80. The van der Waals surface area contributed by atoms with Gasteiger partial charge in [0.05, 0.1) is 5.02 Å². The number of nitrogens with one attached hydrogen (secondary N) is 1. The van der Waals surface area contributed by atoms with Crippen LogP contribution in [0, 0.1) is 6.92 Å². The van der Waals surface area contributed by atoms with Crippen LogP contribution in [0.15, 0.2) is 54.7 Å². The van der Waals surface area contributed by atoms with Crippen molar-refractivity contribution in [1.29, 1.82) is 0 Å². The maximum atomic E-state index is 6.22. The molecular formula is C19H18ClN3O. The van der Waals surface area contributed by atoms with Crippen LogP contribution in [0.25, 0.3) is 11.4 Å². The Bertz CT molecular complexity index is 852. The summed E-state index contributed by atoms with van der Waals surface area (Å²) in [5.74, 6) is 1.07. The lowest BCUT2D eigenvalue weighted by Gasteiger charge is -2.13. The van der Waals surface area contributed by atoms with E-state index in [2.05, 4.69) is 28.3 Å². The number of ether oxygens (including phenoxy) is 1. The van der Waals surface area contributed by atoms with Gasteiger partial charge in [-0.15, -0.1) is 0 Å². The molecule has 24 heavy (non-hydrogen) atoms. The fraction of sp³-hybridized carbons (Fsp3) is 0.158. The molecule has 0 atom stereocenters. The van der Waals surface area contributed by atoms with Crippen molar-refractivity contribution in [3.05, 3.63) is 70.9 Å². The standard InChI is InChI=1S/C19H18ClN3O/c1-13-6-5-9-17(21-2)15(13)12-24-18-10-11-22-19(23-18)14-7-3-4-8-16(14)20/h3-11,21H,12H2,1-2H3. The quantitative estimate of drug-likeness (QED) is 0.730. The molecule has 0 unspecified atom stereocenters. The number of nitrogens with zero attached hydrogens (tertiary/aromatic N) is 2. The summed E-state index contributed by atoms with van der Waals surface area (Å²) in [6.45, 7) is 2.50. The van der Waals surface area contributed by atoms with Gasteiger partial charge in [0, 0.05) is 36.1 Å². The van der Waals surface area contributed by atoms with Gasteiger partial charge in [-0.1, -0.05) is 35.9 Å². The fourth-order valence-corrected chi connectivity index (χ4v) is 2.69. The van der Waals surface area contributed by atoms with Crippen molar-refractivity contribution in [2.45, 2.75) is 13.5 Å². The number of aromatic nitrogens is 2. The molecule has 1 N–H and O–H groups in total. The third kappa shape index (κ3) is 3.49. The molecule has 0 radical (unpaired) electrons. The van der Waals surface area contributed by atoms with Crippen LogP contribution in [-0.4, -0.2) is 17.0 Å². The summed E-state index contributed by atoms with van der Waals surface area (Å²) in [4.78, 5) is 8.75. The van der Waals surface area contributed by atoms with Gasteiger partial charge in [-0.25, -0.2) is 4.98 Å². The van der Waals surface area contributed by atoms with Crippen molar-refractivity contribution in [2.24, 2.45) is 0 Å². The van der Waals surface area contributed by atoms with Crippen LogP contribution in [0.2, 0.25) is 5.02 Å². The summed E-state index contributed by atoms with van der Waals surface area (Å²) < 4.78 is 5.88. The number of halogens is 1. The van der Waals surface area contributed by atoms with Gasteiger partial charge >= 0.3 is 0 Å². The molecule has 4 nitrogen and oxygen atoms in total. The van der Waals surface area contributed by atoms with Crippen LogP contribution in [0.5, 0.6) is 5.88 Å². The maximum absolute atomic E-state index is 6.22. The van der Waals surface area contributed by atoms with Crippen LogP contribution in [0.1, 0.15) is 11.1 Å². The minimum atomic E-state index is 0.432. The molecule has 0 bridgehead atoms. The van der Waals surface area contributed by atoms with Crippen molar-refractivity contribution >= 4 is 17.3 Å². The lowest BCUT2D eigenvalue weighted by atomic mass is 10.1. The van der Waals surface area contributed by atoms with Crippen molar-refractivity contribution in [3.8, 4) is 17.3 Å². The van der Waals surface area contributed by atoms with Gasteiger partial charge < -0.3 is 10.1 Å². The molecule has 0 spiro atoms. The smallest absolute Gasteiger partial charge is 0.217 e. The zero-order chi connectivity index (χ0) is 16.9. The van der Waals surface area contributed by atoms with E-state index in [4.69, 9.17) is 16.3 Å². The monoisotopic (exact) mass is 339 g/mol. The van der Waals surface area contributed by atoms with Gasteiger partial charge in [0.1, 0.15) is 6.61 Å². The topological polar surface area (TPSA) is 47.0 Å². The van der Waals surface area contributed by atoms with E-state index in [0.717, 1.165) is 16.8 Å². The first-order chi connectivity index (χ1) is 11.7. The Hall–Kier alpha value is -2.59. The number of hydrogen-bond acceptors (Lipinski definition) is 4. The van der Waals surface area contributed by atoms with Gasteiger partial charge in [0.25, 0.3) is 0 Å². The van der Waals surface area contributed by atoms with Crippen LogP contribution < -0.4 is 10.1 Å². The molecule has 3 rings (SSSR count). The van der Waals surface area contributed by atoms with Crippen LogP contribution in [-0.2, 0) is 6.61 Å². The molecule has 0 aliphatic rings. The molecule has 2 aromatic carbocycles. The van der Waals surface area contributed by atoms with Gasteiger partial charge in [0.15, 0.2) is 5.82 Å². The number of anilines is 1. The van der Waals surface area contributed by atoms with E-state index in [0.29, 0.717) is 23.3 Å². The molecule has 122 valence electrons. The molecule has 0 saturated carbocycles. The largest absolute Gasteiger partial charge is 0.473 e. The molecular weight excluding hydrogens is 322 g/mol. The predicted molar refractivity (Wildman–Crippen MR) is 97.5 cm³/mol. The Morgan fingerprint density at radius 3 is 2.71 bits per heavy atom. The first-order valence-corrected chi connectivity index (χ1v) is 8.04. The van der Waals surface area contributed by atoms with E-state index in [1.165, 1.54) is 5.56 Å². The molecule has 0 amide bonds. The average Bonchev–Trinajstić information content (AvgIpc) is 2.61. The van der Waals surface area contributed by atoms with Gasteiger partial charge in [-0.05, 0) is 30.7 Å². The first kappa shape index (κ1) is 16.3. The molecule has 1 aromatic heterocycles. The Balaban J connectivity index is 1.83. The fourth-order valence-electron chi connectivity index (χ4n) is 2.47. The second kappa shape index (κ2) is 7.32. The summed E-state index contributed by atoms with van der Waals surface area (Å²) in [6.07, 6.45) is 1.68. The van der Waals surface area contributed by atoms with Gasteiger partial charge in [0.2, 0.25) is 5.88 Å². The Morgan fingerprint density at radius 2 is 1.92 bits per heavy atom. The Kier molecular flexibility index (Phi) is 4.96. The lowest BCUT2D eigenvalue weighted by Crippen LogP contribution is -2.04. The highest BCUT2D eigenvalue weighted by atomic mass is 35.5. The Morgan fingerprint density at radius 1 is 1.08 bits per heavy atom. The highest BCUT2D eigenvalue weighted by Gasteiger charge is 2.09. The normalized spacial score (nSPS) is 10.5. The van der Waals surface area contributed by atoms with E-state index >= 15 is 0 Å². The summed E-state index contributed by atoms with van der Waals surface area (Å²) in [6, 6.07) is 15.4. The second-order valence-electron chi connectivity index (χ2n) is 5.34. The average molecular weight is 340 g/mol. The third-order valence-electron chi connectivity index (χ3n) is 3.79. The summed E-state index contributed by atoms with van der Waals surface area (Å²) in [7, 11) is 1.90. The van der Waals surface area contributed by atoms with E-state index in [1.807, 2.05) is 43.4 Å². The summed E-state index contributed by atoms with van der Waals surface area (Å²) in [5.41, 5.74) is 4.12. The van der Waals surface area contributed by atoms with E-state index in [9.17, 15) is 0 Å². The molecule has 0 fully saturated rings. The van der Waals surface area contributed by atoms with Crippen molar-refractivity contribution in [1.82, 2.24) is 9.97 Å². The Labute approximate surface area is 146 Å². The van der Waals surface area contributed by atoms with Gasteiger partial charge in [-0.3, -0.25) is 0 Å². The molecule has 3 aromatic rings. The number of aryl methyl sites for hydroxylation is 1. The predicted octanol–water partition coefficient (Wildman–Crippen LogP) is 4.73. The molecule has 0 aliphatic heterocycles. The zero-order valence-electron chi connectivity index (χ0n) is 13.6. The zero-order valence-corrected chi connectivity index (χ0v) is 14.3. The molecule has 0 aliphatic carbocycles. The summed E-state index contributed by atoms with van der Waals surface area (Å²) >= 11 is 6.22. The second-order valence-corrected chi connectivity index (χ2v) is 5.75. The number of rotatable bonds is 5. The molecule has 5 heteroatoms. The van der Waals surface area contributed by atoms with Crippen LogP contribution in [0.3, 0.4) is 0 Å². The highest BCUT2D eigenvalue weighted by Crippen LogP contribution is 2.26. The lowest BCUT2D eigenvalue weighted by molar-refractivity contribution is 0.293. The van der Waals surface area contributed by atoms with Crippen molar-refractivity contribution in [3.63, 3.8) is 0 Å². The molecule has 0 saturated heterocycles. The van der Waals surface area contributed by atoms with Crippen molar-refractivity contribution < 1.29 is 4.74 Å². The van der Waals surface area contributed by atoms with Crippen LogP contribution >= 0.6 is 11.6 Å².